The van der Waals surface area contributed by atoms with Crippen LogP contribution < -0.4 is 14.4 Å². The molecular formula is C25H21NO3S2. The molecule has 3 aromatic rings. The van der Waals surface area contributed by atoms with Crippen LogP contribution in [-0.4, -0.2) is 23.4 Å². The molecular weight excluding hydrogens is 426 g/mol. The van der Waals surface area contributed by atoms with Crippen LogP contribution in [0.3, 0.4) is 0 Å². The average molecular weight is 448 g/mol. The highest BCUT2D eigenvalue weighted by atomic mass is 32.2. The van der Waals surface area contributed by atoms with Gasteiger partial charge < -0.3 is 9.47 Å². The Balaban J connectivity index is 1.34. The second-order valence-corrected chi connectivity index (χ2v) is 8.56. The van der Waals surface area contributed by atoms with E-state index in [1.807, 2.05) is 91.9 Å². The van der Waals surface area contributed by atoms with E-state index in [1.54, 1.807) is 4.90 Å². The van der Waals surface area contributed by atoms with Gasteiger partial charge in [0.15, 0.2) is 4.32 Å². The van der Waals surface area contributed by atoms with Crippen LogP contribution in [0.5, 0.6) is 11.5 Å². The number of nitrogens with zero attached hydrogens (tertiary/aromatic N) is 1. The van der Waals surface area contributed by atoms with E-state index in [2.05, 4.69) is 0 Å². The minimum absolute atomic E-state index is 0.102. The van der Waals surface area contributed by atoms with Crippen molar-refractivity contribution in [2.24, 2.45) is 0 Å². The van der Waals surface area contributed by atoms with Gasteiger partial charge in [0.2, 0.25) is 0 Å². The Morgan fingerprint density at radius 3 is 2.32 bits per heavy atom. The van der Waals surface area contributed by atoms with Gasteiger partial charge in [-0.15, -0.1) is 0 Å². The summed E-state index contributed by atoms with van der Waals surface area (Å²) in [6.07, 6.45) is 1.85. The van der Waals surface area contributed by atoms with Crippen molar-refractivity contribution in [3.63, 3.8) is 0 Å². The van der Waals surface area contributed by atoms with Gasteiger partial charge >= 0.3 is 0 Å². The van der Waals surface area contributed by atoms with Gasteiger partial charge in [0.1, 0.15) is 24.7 Å². The van der Waals surface area contributed by atoms with Gasteiger partial charge in [-0.3, -0.25) is 9.69 Å². The van der Waals surface area contributed by atoms with Gasteiger partial charge in [-0.1, -0.05) is 72.5 Å². The lowest BCUT2D eigenvalue weighted by Gasteiger charge is -2.13. The number of ether oxygens (including phenoxy) is 2. The standard InChI is InChI=1S/C25H21NO3S2/c1-18-7-5-6-10-22(18)29-16-15-28-21-13-11-19(12-14-21)17-23-24(27)26(25(30)31-23)20-8-3-2-4-9-20/h2-14,17H,15-16H2,1H3. The molecule has 0 saturated carbocycles. The van der Waals surface area contributed by atoms with Crippen LogP contribution >= 0.6 is 24.0 Å². The molecule has 0 bridgehead atoms. The first-order valence-electron chi connectivity index (χ1n) is 9.86. The highest BCUT2D eigenvalue weighted by Crippen LogP contribution is 2.36. The zero-order valence-electron chi connectivity index (χ0n) is 17.0. The van der Waals surface area contributed by atoms with Crippen LogP contribution in [-0.2, 0) is 4.79 Å². The highest BCUT2D eigenvalue weighted by molar-refractivity contribution is 8.27. The van der Waals surface area contributed by atoms with Crippen LogP contribution in [0.25, 0.3) is 6.08 Å². The van der Waals surface area contributed by atoms with Gasteiger partial charge in [0.05, 0.1) is 10.6 Å². The Morgan fingerprint density at radius 1 is 0.903 bits per heavy atom. The fourth-order valence-electron chi connectivity index (χ4n) is 3.11. The number of hydrogen-bond acceptors (Lipinski definition) is 5. The number of carbonyl (C=O) groups excluding carboxylic acids is 1. The first-order chi connectivity index (χ1) is 15.1. The van der Waals surface area contributed by atoms with Crippen LogP contribution in [0, 0.1) is 6.92 Å². The number of thiocarbonyl (C=S) groups is 1. The monoisotopic (exact) mass is 447 g/mol. The Kier molecular flexibility index (Phi) is 6.70. The highest BCUT2D eigenvalue weighted by Gasteiger charge is 2.33. The number of benzene rings is 3. The van der Waals surface area contributed by atoms with Gasteiger partial charge in [-0.2, -0.15) is 0 Å². The fraction of sp³-hybridized carbons (Fsp3) is 0.120. The molecule has 4 nitrogen and oxygen atoms in total. The van der Waals surface area contributed by atoms with Crippen molar-refractivity contribution in [2.45, 2.75) is 6.92 Å². The molecule has 1 aliphatic rings. The molecule has 0 radical (unpaired) electrons. The third kappa shape index (κ3) is 5.16. The smallest absolute Gasteiger partial charge is 0.270 e. The van der Waals surface area contributed by atoms with E-state index in [0.29, 0.717) is 22.4 Å². The lowest BCUT2D eigenvalue weighted by atomic mass is 10.2. The largest absolute Gasteiger partial charge is 0.490 e. The molecule has 0 N–H and O–H groups in total. The number of rotatable bonds is 7. The van der Waals surface area contributed by atoms with Crippen LogP contribution in [0.4, 0.5) is 5.69 Å². The first-order valence-corrected chi connectivity index (χ1v) is 11.1. The van der Waals surface area contributed by atoms with Crippen LogP contribution in [0.2, 0.25) is 0 Å². The molecule has 0 aliphatic carbocycles. The number of carbonyl (C=O) groups is 1. The second-order valence-electron chi connectivity index (χ2n) is 6.88. The number of hydrogen-bond donors (Lipinski definition) is 0. The van der Waals surface area contributed by atoms with E-state index in [-0.39, 0.29) is 5.91 Å². The molecule has 31 heavy (non-hydrogen) atoms. The zero-order valence-corrected chi connectivity index (χ0v) is 18.6. The average Bonchev–Trinajstić information content (AvgIpc) is 3.07. The number of aryl methyl sites for hydroxylation is 1. The predicted octanol–water partition coefficient (Wildman–Crippen LogP) is 5.86. The minimum atomic E-state index is -0.102. The van der Waals surface area contributed by atoms with E-state index < -0.39 is 0 Å². The van der Waals surface area contributed by atoms with E-state index in [0.717, 1.165) is 28.3 Å². The molecule has 0 aromatic heterocycles. The summed E-state index contributed by atoms with van der Waals surface area (Å²) < 4.78 is 12.0. The normalized spacial score (nSPS) is 14.9. The topological polar surface area (TPSA) is 38.8 Å². The summed E-state index contributed by atoms with van der Waals surface area (Å²) in [5.74, 6) is 1.52. The lowest BCUT2D eigenvalue weighted by Crippen LogP contribution is -2.27. The van der Waals surface area contributed by atoms with E-state index in [9.17, 15) is 4.79 Å². The summed E-state index contributed by atoms with van der Waals surface area (Å²) >= 11 is 6.72. The molecule has 6 heteroatoms. The van der Waals surface area contributed by atoms with Gasteiger partial charge in [0, 0.05) is 0 Å². The van der Waals surface area contributed by atoms with Gasteiger partial charge in [-0.05, 0) is 54.5 Å². The zero-order chi connectivity index (χ0) is 21.6. The van der Waals surface area contributed by atoms with Crippen molar-refractivity contribution < 1.29 is 14.3 Å². The summed E-state index contributed by atoms with van der Waals surface area (Å²) in [5, 5.41) is 0. The summed E-state index contributed by atoms with van der Waals surface area (Å²) in [6.45, 7) is 2.93. The maximum atomic E-state index is 12.8. The van der Waals surface area contributed by atoms with Crippen LogP contribution in [0.15, 0.2) is 83.8 Å². The van der Waals surface area contributed by atoms with Crippen LogP contribution in [0.1, 0.15) is 11.1 Å². The Labute approximate surface area is 191 Å². The predicted molar refractivity (Wildman–Crippen MR) is 131 cm³/mol. The SMILES string of the molecule is Cc1ccccc1OCCOc1ccc(C=C2SC(=S)N(c3ccccc3)C2=O)cc1. The number of para-hydroxylation sites is 2. The van der Waals surface area contributed by atoms with Crippen molar-refractivity contribution in [1.82, 2.24) is 0 Å². The Hall–Kier alpha value is -3.09. The summed E-state index contributed by atoms with van der Waals surface area (Å²) in [4.78, 5) is 15.0. The molecule has 1 amide bonds. The number of anilines is 1. The van der Waals surface area contributed by atoms with Gasteiger partial charge in [-0.25, -0.2) is 0 Å². The minimum Gasteiger partial charge on any atom is -0.490 e. The third-order valence-electron chi connectivity index (χ3n) is 4.69. The van der Waals surface area contributed by atoms with Crippen molar-refractivity contribution in [1.29, 1.82) is 0 Å². The number of amides is 1. The van der Waals surface area contributed by atoms with Gasteiger partial charge in [0.25, 0.3) is 5.91 Å². The van der Waals surface area contributed by atoms with Crippen molar-refractivity contribution in [3.8, 4) is 11.5 Å². The maximum Gasteiger partial charge on any atom is 0.270 e. The Morgan fingerprint density at radius 2 is 1.58 bits per heavy atom. The van der Waals surface area contributed by atoms with E-state index in [4.69, 9.17) is 21.7 Å². The molecule has 3 aromatic carbocycles. The molecule has 0 spiro atoms. The van der Waals surface area contributed by atoms with Crippen molar-refractivity contribution >= 4 is 46.0 Å². The summed E-state index contributed by atoms with van der Waals surface area (Å²) in [7, 11) is 0. The molecule has 1 saturated heterocycles. The quantitative estimate of drug-likeness (QED) is 0.258. The molecule has 0 atom stereocenters. The lowest BCUT2D eigenvalue weighted by molar-refractivity contribution is -0.113. The van der Waals surface area contributed by atoms with Crippen molar-refractivity contribution in [2.75, 3.05) is 18.1 Å². The summed E-state index contributed by atoms with van der Waals surface area (Å²) in [5.41, 5.74) is 2.80. The molecule has 4 rings (SSSR count). The van der Waals surface area contributed by atoms with E-state index >= 15 is 0 Å². The molecule has 1 aliphatic heterocycles. The fourth-order valence-corrected chi connectivity index (χ4v) is 4.41. The molecule has 1 heterocycles. The molecule has 0 unspecified atom stereocenters. The van der Waals surface area contributed by atoms with Crippen molar-refractivity contribution in [3.05, 3.63) is 94.9 Å². The number of thioether (sulfide) groups is 1. The Bertz CT molecular complexity index is 1110. The van der Waals surface area contributed by atoms with E-state index in [1.165, 1.54) is 11.8 Å². The molecule has 156 valence electrons. The maximum absolute atomic E-state index is 12.8. The first kappa shape index (κ1) is 21.2. The second kappa shape index (κ2) is 9.81. The molecule has 1 fully saturated rings. The third-order valence-corrected chi connectivity index (χ3v) is 5.99. The summed E-state index contributed by atoms with van der Waals surface area (Å²) in [6, 6.07) is 25.0.